The highest BCUT2D eigenvalue weighted by Gasteiger charge is 2.00. The third-order valence-electron chi connectivity index (χ3n) is 0.919. The molecule has 0 saturated heterocycles. The quantitative estimate of drug-likeness (QED) is 0.689. The fourth-order valence-corrected chi connectivity index (χ4v) is 0.957. The van der Waals surface area contributed by atoms with Crippen molar-refractivity contribution in [1.82, 2.24) is 14.7 Å². The second kappa shape index (κ2) is 3.87. The van der Waals surface area contributed by atoms with Gasteiger partial charge in [0.25, 0.3) is 0 Å². The first-order valence-corrected chi connectivity index (χ1v) is 3.91. The first kappa shape index (κ1) is 7.93. The van der Waals surface area contributed by atoms with Crippen LogP contribution in [0.25, 0.3) is 0 Å². The molecule has 0 saturated carbocycles. The number of hydrogen-bond donors (Lipinski definition) is 2. The lowest BCUT2D eigenvalue weighted by Crippen LogP contribution is -2.28. The van der Waals surface area contributed by atoms with Crippen molar-refractivity contribution in [2.75, 3.05) is 11.9 Å². The maximum Gasteiger partial charge on any atom is 0.321 e. The Balaban J connectivity index is 2.37. The Bertz CT molecular complexity index is 222. The zero-order valence-corrected chi connectivity index (χ0v) is 6.81. The zero-order valence-electron chi connectivity index (χ0n) is 6.00. The third kappa shape index (κ3) is 2.50. The molecule has 0 unspecified atom stereocenters. The minimum Gasteiger partial charge on any atom is -0.338 e. The van der Waals surface area contributed by atoms with Crippen LogP contribution in [-0.4, -0.2) is 21.9 Å². The smallest absolute Gasteiger partial charge is 0.321 e. The lowest BCUT2D eigenvalue weighted by Gasteiger charge is -1.99. The third-order valence-corrected chi connectivity index (χ3v) is 1.50. The van der Waals surface area contributed by atoms with Crippen LogP contribution in [0.4, 0.5) is 9.93 Å². The monoisotopic (exact) mass is 172 g/mol. The average molecular weight is 172 g/mol. The molecule has 1 aromatic rings. The van der Waals surface area contributed by atoms with Crippen molar-refractivity contribution in [1.29, 1.82) is 0 Å². The van der Waals surface area contributed by atoms with Crippen molar-refractivity contribution >= 4 is 22.7 Å². The van der Waals surface area contributed by atoms with E-state index in [1.807, 2.05) is 6.92 Å². The number of carbonyl (C=O) groups is 1. The second-order valence-electron chi connectivity index (χ2n) is 1.73. The fraction of sp³-hybridized carbons (Fsp3) is 0.400. The van der Waals surface area contributed by atoms with Gasteiger partial charge in [0.2, 0.25) is 5.13 Å². The molecular weight excluding hydrogens is 164 g/mol. The summed E-state index contributed by atoms with van der Waals surface area (Å²) in [6, 6.07) is -0.246. The van der Waals surface area contributed by atoms with E-state index in [0.717, 1.165) is 11.5 Å². The van der Waals surface area contributed by atoms with Gasteiger partial charge < -0.3 is 5.32 Å². The van der Waals surface area contributed by atoms with Crippen molar-refractivity contribution in [3.05, 3.63) is 6.33 Å². The lowest BCUT2D eigenvalue weighted by molar-refractivity contribution is 0.252. The van der Waals surface area contributed by atoms with Gasteiger partial charge in [-0.25, -0.2) is 9.78 Å². The van der Waals surface area contributed by atoms with Crippen LogP contribution in [0.15, 0.2) is 6.33 Å². The van der Waals surface area contributed by atoms with Crippen LogP contribution in [0.2, 0.25) is 0 Å². The number of urea groups is 1. The molecular formula is C5H8N4OS. The van der Waals surface area contributed by atoms with Crippen molar-refractivity contribution in [2.45, 2.75) is 6.92 Å². The summed E-state index contributed by atoms with van der Waals surface area (Å²) in [4.78, 5) is 14.6. The Morgan fingerprint density at radius 3 is 3.18 bits per heavy atom. The Hall–Kier alpha value is -1.17. The van der Waals surface area contributed by atoms with Crippen molar-refractivity contribution < 1.29 is 4.79 Å². The van der Waals surface area contributed by atoms with Gasteiger partial charge in [0.05, 0.1) is 0 Å². The number of amides is 2. The lowest BCUT2D eigenvalue weighted by atomic mass is 10.7. The van der Waals surface area contributed by atoms with E-state index in [0.29, 0.717) is 11.7 Å². The van der Waals surface area contributed by atoms with E-state index in [2.05, 4.69) is 20.0 Å². The first-order valence-electron chi connectivity index (χ1n) is 3.14. The van der Waals surface area contributed by atoms with Crippen LogP contribution >= 0.6 is 11.5 Å². The summed E-state index contributed by atoms with van der Waals surface area (Å²) in [6.07, 6.45) is 1.40. The average Bonchev–Trinajstić information content (AvgIpc) is 2.40. The van der Waals surface area contributed by atoms with E-state index in [1.54, 1.807) is 0 Å². The molecule has 5 nitrogen and oxygen atoms in total. The predicted molar refractivity (Wildman–Crippen MR) is 42.6 cm³/mol. The number of hydrogen-bond acceptors (Lipinski definition) is 4. The maximum atomic E-state index is 10.8. The van der Waals surface area contributed by atoms with E-state index < -0.39 is 0 Å². The van der Waals surface area contributed by atoms with Gasteiger partial charge in [0.1, 0.15) is 6.33 Å². The Kier molecular flexibility index (Phi) is 2.79. The molecule has 2 N–H and O–H groups in total. The first-order chi connectivity index (χ1) is 5.33. The van der Waals surface area contributed by atoms with Crippen LogP contribution in [0.3, 0.4) is 0 Å². The number of anilines is 1. The van der Waals surface area contributed by atoms with E-state index in [-0.39, 0.29) is 6.03 Å². The molecule has 0 radical (unpaired) electrons. The molecule has 1 aromatic heterocycles. The van der Waals surface area contributed by atoms with Crippen LogP contribution in [0.5, 0.6) is 0 Å². The molecule has 1 heterocycles. The number of nitrogens with zero attached hydrogens (tertiary/aromatic N) is 2. The van der Waals surface area contributed by atoms with Crippen molar-refractivity contribution in [2.24, 2.45) is 0 Å². The summed E-state index contributed by atoms with van der Waals surface area (Å²) in [5.41, 5.74) is 0. The summed E-state index contributed by atoms with van der Waals surface area (Å²) in [7, 11) is 0. The van der Waals surface area contributed by atoms with Gasteiger partial charge in [0.15, 0.2) is 0 Å². The number of carbonyl (C=O) groups excluding carboxylic acids is 1. The van der Waals surface area contributed by atoms with Gasteiger partial charge in [-0.05, 0) is 6.92 Å². The highest BCUT2D eigenvalue weighted by atomic mass is 32.1. The van der Waals surface area contributed by atoms with Gasteiger partial charge in [-0.3, -0.25) is 5.32 Å². The highest BCUT2D eigenvalue weighted by molar-refractivity contribution is 7.09. The van der Waals surface area contributed by atoms with Crippen LogP contribution in [-0.2, 0) is 0 Å². The number of nitrogens with one attached hydrogen (secondary N) is 2. The minimum atomic E-state index is -0.246. The molecule has 0 aliphatic heterocycles. The van der Waals surface area contributed by atoms with Gasteiger partial charge >= 0.3 is 6.03 Å². The SMILES string of the molecule is CCNC(=O)Nc1ncns1. The predicted octanol–water partition coefficient (Wildman–Crippen LogP) is 0.680. The van der Waals surface area contributed by atoms with Gasteiger partial charge in [-0.2, -0.15) is 4.37 Å². The number of rotatable bonds is 2. The minimum absolute atomic E-state index is 0.246. The summed E-state index contributed by atoms with van der Waals surface area (Å²) in [6.45, 7) is 2.45. The molecule has 0 fully saturated rings. The molecule has 11 heavy (non-hydrogen) atoms. The highest BCUT2D eigenvalue weighted by Crippen LogP contribution is 2.05. The van der Waals surface area contributed by atoms with Crippen LogP contribution in [0, 0.1) is 0 Å². The topological polar surface area (TPSA) is 66.9 Å². The Morgan fingerprint density at radius 2 is 2.64 bits per heavy atom. The Morgan fingerprint density at radius 1 is 1.82 bits per heavy atom. The largest absolute Gasteiger partial charge is 0.338 e. The Labute approximate surface area is 68.0 Å². The zero-order chi connectivity index (χ0) is 8.10. The fourth-order valence-electron chi connectivity index (χ4n) is 0.530. The molecule has 0 aromatic carbocycles. The van der Waals surface area contributed by atoms with Gasteiger partial charge in [-0.1, -0.05) is 0 Å². The summed E-state index contributed by atoms with van der Waals surface area (Å²) < 4.78 is 3.72. The number of aromatic nitrogens is 2. The molecule has 60 valence electrons. The van der Waals surface area contributed by atoms with E-state index in [9.17, 15) is 4.79 Å². The summed E-state index contributed by atoms with van der Waals surface area (Å²) in [5.74, 6) is 0. The van der Waals surface area contributed by atoms with E-state index in [1.165, 1.54) is 6.33 Å². The molecule has 0 aliphatic carbocycles. The normalized spacial score (nSPS) is 9.18. The maximum absolute atomic E-state index is 10.8. The molecule has 0 atom stereocenters. The van der Waals surface area contributed by atoms with Crippen molar-refractivity contribution in [3.63, 3.8) is 0 Å². The molecule has 0 bridgehead atoms. The summed E-state index contributed by atoms with van der Waals surface area (Å²) in [5, 5.41) is 5.60. The summed E-state index contributed by atoms with van der Waals surface area (Å²) >= 11 is 1.14. The molecule has 0 aliphatic rings. The van der Waals surface area contributed by atoms with E-state index in [4.69, 9.17) is 0 Å². The van der Waals surface area contributed by atoms with Crippen LogP contribution in [0.1, 0.15) is 6.92 Å². The molecule has 2 amide bonds. The van der Waals surface area contributed by atoms with E-state index >= 15 is 0 Å². The molecule has 1 rings (SSSR count). The van der Waals surface area contributed by atoms with Crippen molar-refractivity contribution in [3.8, 4) is 0 Å². The molecule has 0 spiro atoms. The van der Waals surface area contributed by atoms with Gasteiger partial charge in [-0.15, -0.1) is 0 Å². The second-order valence-corrected chi connectivity index (χ2v) is 2.51. The standard InChI is InChI=1S/C5H8N4OS/c1-2-6-4(10)9-5-7-3-8-11-5/h3H,2H2,1H3,(H2,6,7,8,9,10). The molecule has 6 heteroatoms. The van der Waals surface area contributed by atoms with Gasteiger partial charge in [0, 0.05) is 18.1 Å². The van der Waals surface area contributed by atoms with Crippen LogP contribution < -0.4 is 10.6 Å².